The molecule has 0 radical (unpaired) electrons. The number of pyridine rings is 1. The van der Waals surface area contributed by atoms with Crippen LogP contribution in [0.3, 0.4) is 0 Å². The summed E-state index contributed by atoms with van der Waals surface area (Å²) in [6.07, 6.45) is 1.70. The van der Waals surface area contributed by atoms with Gasteiger partial charge in [0.15, 0.2) is 0 Å². The average molecular weight is 189 g/mol. The van der Waals surface area contributed by atoms with Crippen molar-refractivity contribution in [1.82, 2.24) is 4.98 Å². The number of aliphatic hydroxyl groups excluding tert-OH is 1. The van der Waals surface area contributed by atoms with Gasteiger partial charge in [-0.05, 0) is 17.0 Å². The molecule has 14 heavy (non-hydrogen) atoms. The van der Waals surface area contributed by atoms with E-state index in [0.717, 1.165) is 16.3 Å². The van der Waals surface area contributed by atoms with Crippen LogP contribution in [-0.4, -0.2) is 17.2 Å². The Hall–Kier alpha value is -1.61. The molecule has 0 fully saturated rings. The van der Waals surface area contributed by atoms with Crippen molar-refractivity contribution >= 4 is 10.8 Å². The van der Waals surface area contributed by atoms with E-state index in [0.29, 0.717) is 5.88 Å². The normalized spacial score (nSPS) is 10.4. The van der Waals surface area contributed by atoms with Gasteiger partial charge in [-0.3, -0.25) is 0 Å². The number of benzene rings is 1. The predicted octanol–water partition coefficient (Wildman–Crippen LogP) is 1.74. The lowest BCUT2D eigenvalue weighted by Gasteiger charge is -2.07. The lowest BCUT2D eigenvalue weighted by molar-refractivity contribution is 0.283. The number of rotatable bonds is 2. The van der Waals surface area contributed by atoms with Crippen LogP contribution in [0.5, 0.6) is 5.88 Å². The first-order chi connectivity index (χ1) is 6.86. The smallest absolute Gasteiger partial charge is 0.221 e. The fourth-order valence-corrected chi connectivity index (χ4v) is 1.56. The summed E-state index contributed by atoms with van der Waals surface area (Å²) in [5.41, 5.74) is 0.840. The van der Waals surface area contributed by atoms with Crippen molar-refractivity contribution in [3.63, 3.8) is 0 Å². The standard InChI is InChI=1S/C11H11NO2/c1-14-11-10-8(5-6-12-11)3-2-4-9(10)7-13/h2-6,13H,7H2,1H3. The number of aliphatic hydroxyl groups is 1. The van der Waals surface area contributed by atoms with E-state index >= 15 is 0 Å². The monoisotopic (exact) mass is 189 g/mol. The minimum Gasteiger partial charge on any atom is -0.481 e. The molecule has 0 saturated carbocycles. The highest BCUT2D eigenvalue weighted by atomic mass is 16.5. The fraction of sp³-hybridized carbons (Fsp3) is 0.182. The van der Waals surface area contributed by atoms with Gasteiger partial charge in [0.1, 0.15) is 0 Å². The second-order valence-corrected chi connectivity index (χ2v) is 2.99. The van der Waals surface area contributed by atoms with E-state index in [-0.39, 0.29) is 6.61 Å². The molecule has 2 aromatic rings. The molecule has 0 atom stereocenters. The number of hydrogen-bond acceptors (Lipinski definition) is 3. The van der Waals surface area contributed by atoms with Gasteiger partial charge in [-0.15, -0.1) is 0 Å². The van der Waals surface area contributed by atoms with Crippen molar-refractivity contribution < 1.29 is 9.84 Å². The molecular weight excluding hydrogens is 178 g/mol. The highest BCUT2D eigenvalue weighted by molar-refractivity contribution is 5.89. The molecule has 0 aliphatic heterocycles. The molecule has 1 aromatic heterocycles. The number of fused-ring (bicyclic) bond motifs is 1. The lowest BCUT2D eigenvalue weighted by Crippen LogP contribution is -1.92. The zero-order chi connectivity index (χ0) is 9.97. The summed E-state index contributed by atoms with van der Waals surface area (Å²) >= 11 is 0. The van der Waals surface area contributed by atoms with E-state index < -0.39 is 0 Å². The Kier molecular flexibility index (Phi) is 2.33. The Labute approximate surface area is 82.0 Å². The summed E-state index contributed by atoms with van der Waals surface area (Å²) in [5.74, 6) is 0.562. The first-order valence-electron chi connectivity index (χ1n) is 4.38. The molecule has 0 spiro atoms. The summed E-state index contributed by atoms with van der Waals surface area (Å²) in [5, 5.41) is 11.1. The van der Waals surface area contributed by atoms with E-state index in [1.165, 1.54) is 0 Å². The Bertz CT molecular complexity index is 415. The van der Waals surface area contributed by atoms with Gasteiger partial charge in [-0.1, -0.05) is 18.2 Å². The van der Waals surface area contributed by atoms with Crippen LogP contribution in [0.4, 0.5) is 0 Å². The van der Waals surface area contributed by atoms with E-state index in [2.05, 4.69) is 4.98 Å². The van der Waals surface area contributed by atoms with Crippen LogP contribution < -0.4 is 4.74 Å². The quantitative estimate of drug-likeness (QED) is 0.782. The lowest BCUT2D eigenvalue weighted by atomic mass is 10.1. The molecule has 3 nitrogen and oxygen atoms in total. The highest BCUT2D eigenvalue weighted by Gasteiger charge is 2.06. The molecule has 1 heterocycles. The Morgan fingerprint density at radius 3 is 2.93 bits per heavy atom. The predicted molar refractivity (Wildman–Crippen MR) is 54.2 cm³/mol. The second-order valence-electron chi connectivity index (χ2n) is 2.99. The first-order valence-corrected chi connectivity index (χ1v) is 4.38. The topological polar surface area (TPSA) is 42.4 Å². The van der Waals surface area contributed by atoms with Crippen LogP contribution in [0, 0.1) is 0 Å². The molecule has 0 saturated heterocycles. The molecule has 2 rings (SSSR count). The molecular formula is C11H11NO2. The van der Waals surface area contributed by atoms with E-state index in [1.54, 1.807) is 13.3 Å². The minimum atomic E-state index is -0.000602. The number of ether oxygens (including phenoxy) is 1. The molecule has 0 aliphatic carbocycles. The average Bonchev–Trinajstić information content (AvgIpc) is 2.27. The van der Waals surface area contributed by atoms with Crippen molar-refractivity contribution in [1.29, 1.82) is 0 Å². The summed E-state index contributed by atoms with van der Waals surface area (Å²) < 4.78 is 5.15. The summed E-state index contributed by atoms with van der Waals surface area (Å²) in [4.78, 5) is 4.10. The first kappa shape index (κ1) is 8.97. The maximum absolute atomic E-state index is 9.17. The minimum absolute atomic E-state index is 0.000602. The summed E-state index contributed by atoms with van der Waals surface area (Å²) in [7, 11) is 1.58. The number of hydrogen-bond donors (Lipinski definition) is 1. The van der Waals surface area contributed by atoms with Crippen molar-refractivity contribution in [2.75, 3.05) is 7.11 Å². The zero-order valence-electron chi connectivity index (χ0n) is 7.90. The molecule has 0 amide bonds. The SMILES string of the molecule is COc1nccc2cccc(CO)c12. The van der Waals surface area contributed by atoms with E-state index in [9.17, 15) is 5.11 Å². The molecule has 72 valence electrons. The van der Waals surface area contributed by atoms with Gasteiger partial charge in [0.2, 0.25) is 5.88 Å². The number of methoxy groups -OCH3 is 1. The Morgan fingerprint density at radius 1 is 1.36 bits per heavy atom. The molecule has 1 aromatic carbocycles. The third-order valence-corrected chi connectivity index (χ3v) is 2.21. The molecule has 0 aliphatic rings. The largest absolute Gasteiger partial charge is 0.481 e. The van der Waals surface area contributed by atoms with Gasteiger partial charge in [0, 0.05) is 11.6 Å². The van der Waals surface area contributed by atoms with Gasteiger partial charge < -0.3 is 9.84 Å². The van der Waals surface area contributed by atoms with Crippen molar-refractivity contribution in [2.24, 2.45) is 0 Å². The Balaban J connectivity index is 2.81. The van der Waals surface area contributed by atoms with Gasteiger partial charge in [0.05, 0.1) is 13.7 Å². The van der Waals surface area contributed by atoms with Crippen molar-refractivity contribution in [3.05, 3.63) is 36.0 Å². The highest BCUT2D eigenvalue weighted by Crippen LogP contribution is 2.26. The molecule has 0 bridgehead atoms. The number of nitrogens with zero attached hydrogens (tertiary/aromatic N) is 1. The third-order valence-electron chi connectivity index (χ3n) is 2.21. The summed E-state index contributed by atoms with van der Waals surface area (Å²) in [6.45, 7) is -0.000602. The van der Waals surface area contributed by atoms with Crippen molar-refractivity contribution in [3.8, 4) is 5.88 Å². The zero-order valence-corrected chi connectivity index (χ0v) is 7.90. The van der Waals surface area contributed by atoms with Crippen LogP contribution in [-0.2, 0) is 6.61 Å². The molecule has 1 N–H and O–H groups in total. The number of aromatic nitrogens is 1. The van der Waals surface area contributed by atoms with E-state index in [1.807, 2.05) is 24.3 Å². The molecule has 3 heteroatoms. The Morgan fingerprint density at radius 2 is 2.21 bits per heavy atom. The van der Waals surface area contributed by atoms with Gasteiger partial charge in [-0.25, -0.2) is 4.98 Å². The maximum Gasteiger partial charge on any atom is 0.221 e. The van der Waals surface area contributed by atoms with Gasteiger partial charge >= 0.3 is 0 Å². The van der Waals surface area contributed by atoms with Crippen LogP contribution >= 0.6 is 0 Å². The van der Waals surface area contributed by atoms with Gasteiger partial charge in [-0.2, -0.15) is 0 Å². The van der Waals surface area contributed by atoms with Crippen LogP contribution in [0.25, 0.3) is 10.8 Å². The van der Waals surface area contributed by atoms with Crippen LogP contribution in [0.1, 0.15) is 5.56 Å². The van der Waals surface area contributed by atoms with Gasteiger partial charge in [0.25, 0.3) is 0 Å². The van der Waals surface area contributed by atoms with Crippen LogP contribution in [0.15, 0.2) is 30.5 Å². The molecule has 0 unspecified atom stereocenters. The fourth-order valence-electron chi connectivity index (χ4n) is 1.56. The summed E-state index contributed by atoms with van der Waals surface area (Å²) in [6, 6.07) is 7.65. The maximum atomic E-state index is 9.17. The second kappa shape index (κ2) is 3.64. The third kappa shape index (κ3) is 1.32. The van der Waals surface area contributed by atoms with Crippen LogP contribution in [0.2, 0.25) is 0 Å². The van der Waals surface area contributed by atoms with E-state index in [4.69, 9.17) is 4.74 Å². The van der Waals surface area contributed by atoms with Crippen molar-refractivity contribution in [2.45, 2.75) is 6.61 Å².